The van der Waals surface area contributed by atoms with Crippen LogP contribution in [0.3, 0.4) is 0 Å². The molecule has 0 aliphatic carbocycles. The normalized spacial score (nSPS) is 10.8. The van der Waals surface area contributed by atoms with Crippen molar-refractivity contribution >= 4 is 27.5 Å². The summed E-state index contributed by atoms with van der Waals surface area (Å²) < 4.78 is 31.3. The first kappa shape index (κ1) is 21.8. The Morgan fingerprint density at radius 2 is 1.77 bits per heavy atom. The summed E-state index contributed by atoms with van der Waals surface area (Å²) in [5.41, 5.74) is 1.63. The second kappa shape index (κ2) is 9.75. The topological polar surface area (TPSA) is 118 Å². The summed E-state index contributed by atoms with van der Waals surface area (Å²) in [6, 6.07) is 15.7. The highest BCUT2D eigenvalue weighted by Gasteiger charge is 2.14. The molecule has 0 saturated carbocycles. The Labute approximate surface area is 179 Å². The molecular weight excluding hydrogens is 418 g/mol. The minimum Gasteiger partial charge on any atom is -0.459 e. The molecule has 0 aliphatic heterocycles. The Kier molecular flexibility index (Phi) is 6.87. The first-order valence-corrected chi connectivity index (χ1v) is 10.6. The molecule has 0 radical (unpaired) electrons. The molecule has 0 aliphatic rings. The number of nitrogens with one attached hydrogen (secondary N) is 3. The standard InChI is InChI=1S/C22H19N3O5S/c1-2-12-24-31(28,29)19-10-8-17(9-11-19)21(26)23-15-16-5-3-6-18(14-16)25-22(27)20-7-4-13-30-20/h1,3-11,13-14,24H,12,15H2,(H,23,26)(H,25,27). The molecule has 8 nitrogen and oxygen atoms in total. The van der Waals surface area contributed by atoms with Gasteiger partial charge in [-0.15, -0.1) is 6.42 Å². The van der Waals surface area contributed by atoms with E-state index in [0.29, 0.717) is 11.3 Å². The van der Waals surface area contributed by atoms with Crippen LogP contribution < -0.4 is 15.4 Å². The molecule has 31 heavy (non-hydrogen) atoms. The summed E-state index contributed by atoms with van der Waals surface area (Å²) in [4.78, 5) is 24.5. The molecule has 1 aromatic heterocycles. The molecule has 2 amide bonds. The van der Waals surface area contributed by atoms with Gasteiger partial charge in [0.05, 0.1) is 17.7 Å². The lowest BCUT2D eigenvalue weighted by molar-refractivity contribution is 0.0949. The molecule has 3 rings (SSSR count). The van der Waals surface area contributed by atoms with E-state index in [9.17, 15) is 18.0 Å². The summed E-state index contributed by atoms with van der Waals surface area (Å²) >= 11 is 0. The molecule has 0 unspecified atom stereocenters. The highest BCUT2D eigenvalue weighted by molar-refractivity contribution is 7.89. The zero-order valence-corrected chi connectivity index (χ0v) is 17.1. The Bertz CT molecular complexity index is 1210. The summed E-state index contributed by atoms with van der Waals surface area (Å²) in [7, 11) is -3.72. The number of carbonyl (C=O) groups excluding carboxylic acids is 2. The highest BCUT2D eigenvalue weighted by atomic mass is 32.2. The lowest BCUT2D eigenvalue weighted by atomic mass is 10.1. The number of terminal acetylenes is 1. The summed E-state index contributed by atoms with van der Waals surface area (Å²) in [6.07, 6.45) is 6.47. The van der Waals surface area contributed by atoms with Crippen LogP contribution in [0.5, 0.6) is 0 Å². The van der Waals surface area contributed by atoms with Crippen LogP contribution >= 0.6 is 0 Å². The first-order valence-electron chi connectivity index (χ1n) is 9.14. The summed E-state index contributed by atoms with van der Waals surface area (Å²) in [6.45, 7) is 0.0959. The van der Waals surface area contributed by atoms with Gasteiger partial charge in [0, 0.05) is 17.8 Å². The van der Waals surface area contributed by atoms with E-state index < -0.39 is 10.0 Å². The second-order valence-electron chi connectivity index (χ2n) is 6.37. The maximum atomic E-state index is 12.4. The molecule has 2 aromatic carbocycles. The largest absolute Gasteiger partial charge is 0.459 e. The fourth-order valence-electron chi connectivity index (χ4n) is 2.65. The SMILES string of the molecule is C#CCNS(=O)(=O)c1ccc(C(=O)NCc2cccc(NC(=O)c3ccco3)c2)cc1. The van der Waals surface area contributed by atoms with Gasteiger partial charge in [-0.05, 0) is 54.1 Å². The van der Waals surface area contributed by atoms with E-state index in [4.69, 9.17) is 10.8 Å². The number of carbonyl (C=O) groups is 2. The molecular formula is C22H19N3O5S. The number of sulfonamides is 1. The molecule has 158 valence electrons. The van der Waals surface area contributed by atoms with Crippen molar-refractivity contribution < 1.29 is 22.4 Å². The van der Waals surface area contributed by atoms with Gasteiger partial charge in [0.1, 0.15) is 0 Å². The average molecular weight is 437 g/mol. The van der Waals surface area contributed by atoms with E-state index in [2.05, 4.69) is 21.3 Å². The van der Waals surface area contributed by atoms with Crippen LogP contribution in [0.4, 0.5) is 5.69 Å². The van der Waals surface area contributed by atoms with E-state index in [1.165, 1.54) is 30.5 Å². The summed E-state index contributed by atoms with van der Waals surface area (Å²) in [5.74, 6) is 1.64. The van der Waals surface area contributed by atoms with Crippen molar-refractivity contribution in [3.63, 3.8) is 0 Å². The number of furan rings is 1. The minimum absolute atomic E-state index is 0.0132. The van der Waals surface area contributed by atoms with Crippen LogP contribution in [-0.2, 0) is 16.6 Å². The number of anilines is 1. The Balaban J connectivity index is 1.59. The zero-order valence-electron chi connectivity index (χ0n) is 16.3. The van der Waals surface area contributed by atoms with Crippen LogP contribution in [0.25, 0.3) is 0 Å². The van der Waals surface area contributed by atoms with Gasteiger partial charge in [-0.2, -0.15) is 4.72 Å². The number of hydrogen-bond donors (Lipinski definition) is 3. The zero-order chi connectivity index (χ0) is 22.3. The van der Waals surface area contributed by atoms with Crippen LogP contribution in [-0.4, -0.2) is 26.8 Å². The van der Waals surface area contributed by atoms with Crippen molar-refractivity contribution in [2.45, 2.75) is 11.4 Å². The van der Waals surface area contributed by atoms with Crippen molar-refractivity contribution in [2.75, 3.05) is 11.9 Å². The van der Waals surface area contributed by atoms with Crippen molar-refractivity contribution in [3.8, 4) is 12.3 Å². The molecule has 0 saturated heterocycles. The van der Waals surface area contributed by atoms with E-state index in [1.54, 1.807) is 36.4 Å². The lowest BCUT2D eigenvalue weighted by Crippen LogP contribution is -2.25. The van der Waals surface area contributed by atoms with Gasteiger partial charge < -0.3 is 15.1 Å². The molecule has 3 N–H and O–H groups in total. The Morgan fingerprint density at radius 3 is 2.45 bits per heavy atom. The van der Waals surface area contributed by atoms with Crippen molar-refractivity contribution in [1.29, 1.82) is 0 Å². The van der Waals surface area contributed by atoms with Gasteiger partial charge in [0.25, 0.3) is 11.8 Å². The number of hydrogen-bond acceptors (Lipinski definition) is 5. The van der Waals surface area contributed by atoms with E-state index >= 15 is 0 Å². The summed E-state index contributed by atoms with van der Waals surface area (Å²) in [5, 5.41) is 5.47. The van der Waals surface area contributed by atoms with Crippen LogP contribution in [0.1, 0.15) is 26.5 Å². The smallest absolute Gasteiger partial charge is 0.291 e. The predicted molar refractivity (Wildman–Crippen MR) is 115 cm³/mol. The first-order chi connectivity index (χ1) is 14.9. The fourth-order valence-corrected chi connectivity index (χ4v) is 3.58. The van der Waals surface area contributed by atoms with Crippen LogP contribution in [0.2, 0.25) is 0 Å². The van der Waals surface area contributed by atoms with Gasteiger partial charge >= 0.3 is 0 Å². The molecule has 3 aromatic rings. The van der Waals surface area contributed by atoms with Gasteiger partial charge in [-0.3, -0.25) is 9.59 Å². The van der Waals surface area contributed by atoms with Crippen molar-refractivity contribution in [2.24, 2.45) is 0 Å². The fraction of sp³-hybridized carbons (Fsp3) is 0.0909. The molecule has 9 heteroatoms. The Morgan fingerprint density at radius 1 is 1.00 bits per heavy atom. The van der Waals surface area contributed by atoms with E-state index in [-0.39, 0.29) is 35.6 Å². The van der Waals surface area contributed by atoms with Gasteiger partial charge in [-0.1, -0.05) is 18.1 Å². The molecule has 0 fully saturated rings. The third kappa shape index (κ3) is 5.82. The third-order valence-electron chi connectivity index (χ3n) is 4.17. The van der Waals surface area contributed by atoms with Crippen LogP contribution in [0, 0.1) is 12.3 Å². The quantitative estimate of drug-likeness (QED) is 0.468. The minimum atomic E-state index is -3.72. The number of amides is 2. The number of benzene rings is 2. The monoisotopic (exact) mass is 437 g/mol. The van der Waals surface area contributed by atoms with Crippen LogP contribution in [0.15, 0.2) is 76.2 Å². The van der Waals surface area contributed by atoms with E-state index in [0.717, 1.165) is 5.56 Å². The Hall–Kier alpha value is -3.87. The molecule has 0 atom stereocenters. The van der Waals surface area contributed by atoms with Crippen molar-refractivity contribution in [1.82, 2.24) is 10.0 Å². The lowest BCUT2D eigenvalue weighted by Gasteiger charge is -2.09. The third-order valence-corrected chi connectivity index (χ3v) is 5.59. The highest BCUT2D eigenvalue weighted by Crippen LogP contribution is 2.14. The molecule has 1 heterocycles. The maximum Gasteiger partial charge on any atom is 0.291 e. The molecule has 0 bridgehead atoms. The average Bonchev–Trinajstić information content (AvgIpc) is 3.32. The van der Waals surface area contributed by atoms with Gasteiger partial charge in [0.2, 0.25) is 10.0 Å². The second-order valence-corrected chi connectivity index (χ2v) is 8.13. The van der Waals surface area contributed by atoms with Crippen molar-refractivity contribution in [3.05, 3.63) is 83.8 Å². The van der Waals surface area contributed by atoms with E-state index in [1.807, 2.05) is 0 Å². The predicted octanol–water partition coefficient (Wildman–Crippen LogP) is 2.37. The number of rotatable bonds is 8. The van der Waals surface area contributed by atoms with Gasteiger partial charge in [-0.25, -0.2) is 8.42 Å². The van der Waals surface area contributed by atoms with Gasteiger partial charge in [0.15, 0.2) is 5.76 Å². The molecule has 0 spiro atoms. The maximum absolute atomic E-state index is 12.4.